The first kappa shape index (κ1) is 17.2. The van der Waals surface area contributed by atoms with E-state index < -0.39 is 0 Å². The van der Waals surface area contributed by atoms with Crippen molar-refractivity contribution in [2.75, 3.05) is 13.2 Å². The molecule has 0 aromatic heterocycles. The van der Waals surface area contributed by atoms with Crippen LogP contribution in [0.15, 0.2) is 11.6 Å². The van der Waals surface area contributed by atoms with E-state index in [-0.39, 0.29) is 23.3 Å². The van der Waals surface area contributed by atoms with E-state index in [1.165, 1.54) is 39.0 Å². The Morgan fingerprint density at radius 2 is 1.92 bits per heavy atom. The normalized spacial score (nSPS) is 46.2. The Balaban J connectivity index is 1.37. The summed E-state index contributed by atoms with van der Waals surface area (Å²) in [5.74, 6) is 2.60. The highest BCUT2D eigenvalue weighted by Crippen LogP contribution is 2.66. The van der Waals surface area contributed by atoms with Gasteiger partial charge >= 0.3 is 5.97 Å². The first-order valence-electron chi connectivity index (χ1n) is 10.7. The van der Waals surface area contributed by atoms with Crippen LogP contribution in [-0.4, -0.2) is 31.1 Å². The summed E-state index contributed by atoms with van der Waals surface area (Å²) in [5, 5.41) is 0. The van der Waals surface area contributed by atoms with E-state index in [4.69, 9.17) is 14.2 Å². The average molecular weight is 360 g/mol. The number of hydrogen-bond acceptors (Lipinski definition) is 4. The number of allylic oxidation sites excluding steroid dienone is 1. The summed E-state index contributed by atoms with van der Waals surface area (Å²) in [6.07, 6.45) is 11.9. The van der Waals surface area contributed by atoms with Crippen molar-refractivity contribution in [2.45, 2.75) is 77.1 Å². The van der Waals surface area contributed by atoms with Crippen LogP contribution >= 0.6 is 0 Å². The van der Waals surface area contributed by atoms with Crippen molar-refractivity contribution in [1.29, 1.82) is 0 Å². The molecule has 1 saturated heterocycles. The van der Waals surface area contributed by atoms with E-state index in [1.54, 1.807) is 5.57 Å². The Morgan fingerprint density at radius 1 is 1.12 bits per heavy atom. The Labute approximate surface area is 156 Å². The summed E-state index contributed by atoms with van der Waals surface area (Å²) in [5.41, 5.74) is 1.76. The van der Waals surface area contributed by atoms with Gasteiger partial charge in [-0.05, 0) is 62.2 Å². The van der Waals surface area contributed by atoms with Crippen LogP contribution in [0.1, 0.15) is 65.2 Å². The SMILES string of the molecule is CC(=O)OC1CCC2C(=CCC3C2CCC2(C)C3CCC23OCCO3)C1. The maximum absolute atomic E-state index is 11.3. The lowest BCUT2D eigenvalue weighted by Crippen LogP contribution is -2.53. The van der Waals surface area contributed by atoms with Crippen molar-refractivity contribution in [3.8, 4) is 0 Å². The molecule has 4 fully saturated rings. The molecule has 0 bridgehead atoms. The molecule has 0 aromatic rings. The van der Waals surface area contributed by atoms with Gasteiger partial charge in [-0.3, -0.25) is 4.79 Å². The summed E-state index contributed by atoms with van der Waals surface area (Å²) >= 11 is 0. The second kappa shape index (κ2) is 6.07. The molecule has 0 aromatic carbocycles. The van der Waals surface area contributed by atoms with Gasteiger partial charge in [-0.2, -0.15) is 0 Å². The Morgan fingerprint density at radius 3 is 2.69 bits per heavy atom. The maximum atomic E-state index is 11.3. The third-order valence-electron chi connectivity index (χ3n) is 8.53. The zero-order valence-electron chi connectivity index (χ0n) is 16.2. The molecule has 26 heavy (non-hydrogen) atoms. The number of esters is 1. The molecule has 1 aliphatic heterocycles. The molecular weight excluding hydrogens is 328 g/mol. The summed E-state index contributed by atoms with van der Waals surface area (Å²) in [6.45, 7) is 5.51. The quantitative estimate of drug-likeness (QED) is 0.518. The number of hydrogen-bond donors (Lipinski definition) is 0. The molecule has 1 heterocycles. The van der Waals surface area contributed by atoms with Crippen molar-refractivity contribution in [3.63, 3.8) is 0 Å². The third-order valence-corrected chi connectivity index (χ3v) is 8.53. The summed E-state index contributed by atoms with van der Waals surface area (Å²) in [7, 11) is 0. The van der Waals surface area contributed by atoms with Crippen molar-refractivity contribution in [3.05, 3.63) is 11.6 Å². The van der Waals surface area contributed by atoms with E-state index in [0.717, 1.165) is 50.2 Å². The van der Waals surface area contributed by atoms with Gasteiger partial charge in [0.15, 0.2) is 5.79 Å². The summed E-state index contributed by atoms with van der Waals surface area (Å²) in [4.78, 5) is 11.3. The van der Waals surface area contributed by atoms with Crippen LogP contribution in [0.2, 0.25) is 0 Å². The van der Waals surface area contributed by atoms with Crippen LogP contribution in [-0.2, 0) is 19.0 Å². The second-order valence-electron chi connectivity index (χ2n) is 9.51. The molecule has 1 spiro atoms. The van der Waals surface area contributed by atoms with Gasteiger partial charge in [0, 0.05) is 25.2 Å². The molecule has 5 rings (SSSR count). The van der Waals surface area contributed by atoms with E-state index in [2.05, 4.69) is 13.0 Å². The van der Waals surface area contributed by atoms with Crippen molar-refractivity contribution < 1.29 is 19.0 Å². The topological polar surface area (TPSA) is 44.8 Å². The van der Waals surface area contributed by atoms with E-state index in [1.807, 2.05) is 0 Å². The van der Waals surface area contributed by atoms with Crippen molar-refractivity contribution in [1.82, 2.24) is 0 Å². The van der Waals surface area contributed by atoms with Crippen LogP contribution < -0.4 is 0 Å². The molecule has 4 aliphatic carbocycles. The zero-order chi connectivity index (χ0) is 17.9. The first-order valence-corrected chi connectivity index (χ1v) is 10.7. The molecule has 0 N–H and O–H groups in total. The molecule has 3 saturated carbocycles. The van der Waals surface area contributed by atoms with Gasteiger partial charge in [-0.1, -0.05) is 18.6 Å². The molecule has 0 radical (unpaired) electrons. The Hall–Kier alpha value is -0.870. The molecule has 0 amide bonds. The molecule has 6 unspecified atom stereocenters. The van der Waals surface area contributed by atoms with Gasteiger partial charge in [0.2, 0.25) is 0 Å². The predicted octanol–water partition coefficient (Wildman–Crippen LogP) is 4.23. The Kier molecular flexibility index (Phi) is 4.02. The molecule has 6 atom stereocenters. The van der Waals surface area contributed by atoms with Gasteiger partial charge in [0.25, 0.3) is 0 Å². The number of carbonyl (C=O) groups is 1. The first-order chi connectivity index (χ1) is 12.5. The molecule has 4 heteroatoms. The van der Waals surface area contributed by atoms with Gasteiger partial charge in [-0.25, -0.2) is 0 Å². The van der Waals surface area contributed by atoms with E-state index in [9.17, 15) is 4.79 Å². The van der Waals surface area contributed by atoms with Gasteiger partial charge in [0.05, 0.1) is 13.2 Å². The van der Waals surface area contributed by atoms with Crippen molar-refractivity contribution in [2.24, 2.45) is 29.1 Å². The predicted molar refractivity (Wildman–Crippen MR) is 97.3 cm³/mol. The van der Waals surface area contributed by atoms with Gasteiger partial charge in [0.1, 0.15) is 6.10 Å². The van der Waals surface area contributed by atoms with Gasteiger partial charge < -0.3 is 14.2 Å². The molecule has 144 valence electrons. The average Bonchev–Trinajstić information content (AvgIpc) is 3.21. The summed E-state index contributed by atoms with van der Waals surface area (Å²) < 4.78 is 18.0. The standard InChI is InChI=1S/C22H32O4/c1-14(23)26-16-4-6-17-15(13-16)3-5-19-18(17)7-9-21(2)20(19)8-10-22(21)24-11-12-25-22/h3,16-20H,4-13H2,1-2H3. The van der Waals surface area contributed by atoms with Crippen LogP contribution in [0.4, 0.5) is 0 Å². The molecule has 5 aliphatic rings. The number of ether oxygens (including phenoxy) is 3. The number of rotatable bonds is 1. The van der Waals surface area contributed by atoms with Crippen molar-refractivity contribution >= 4 is 5.97 Å². The fourth-order valence-electron chi connectivity index (χ4n) is 7.45. The van der Waals surface area contributed by atoms with E-state index in [0.29, 0.717) is 5.92 Å². The minimum Gasteiger partial charge on any atom is -0.462 e. The highest BCUT2D eigenvalue weighted by atomic mass is 16.7. The van der Waals surface area contributed by atoms with E-state index >= 15 is 0 Å². The highest BCUT2D eigenvalue weighted by Gasteiger charge is 2.65. The lowest BCUT2D eigenvalue weighted by Gasteiger charge is -2.55. The minimum atomic E-state index is -0.292. The lowest BCUT2D eigenvalue weighted by atomic mass is 9.52. The minimum absolute atomic E-state index is 0.107. The van der Waals surface area contributed by atoms with Crippen LogP contribution in [0.3, 0.4) is 0 Å². The lowest BCUT2D eigenvalue weighted by molar-refractivity contribution is -0.240. The number of carbonyl (C=O) groups excluding carboxylic acids is 1. The largest absolute Gasteiger partial charge is 0.462 e. The van der Waals surface area contributed by atoms with Crippen LogP contribution in [0, 0.1) is 29.1 Å². The van der Waals surface area contributed by atoms with Gasteiger partial charge in [-0.15, -0.1) is 0 Å². The smallest absolute Gasteiger partial charge is 0.302 e. The highest BCUT2D eigenvalue weighted by molar-refractivity contribution is 5.66. The fourth-order valence-corrected chi connectivity index (χ4v) is 7.45. The fraction of sp³-hybridized carbons (Fsp3) is 0.864. The van der Waals surface area contributed by atoms with Crippen LogP contribution in [0.5, 0.6) is 0 Å². The monoisotopic (exact) mass is 360 g/mol. The second-order valence-corrected chi connectivity index (χ2v) is 9.51. The molecule has 4 nitrogen and oxygen atoms in total. The maximum Gasteiger partial charge on any atom is 0.302 e. The van der Waals surface area contributed by atoms with Crippen LogP contribution in [0.25, 0.3) is 0 Å². The zero-order valence-corrected chi connectivity index (χ0v) is 16.2. The Bertz CT molecular complexity index is 620. The molecular formula is C22H32O4. The number of fused-ring (bicyclic) bond motifs is 6. The third kappa shape index (κ3) is 2.37. The summed E-state index contributed by atoms with van der Waals surface area (Å²) in [6, 6.07) is 0.